The third-order valence-electron chi connectivity index (χ3n) is 5.25. The van der Waals surface area contributed by atoms with Crippen LogP contribution in [0.3, 0.4) is 0 Å². The van der Waals surface area contributed by atoms with Gasteiger partial charge in [0.1, 0.15) is 0 Å². The number of para-hydroxylation sites is 1. The minimum absolute atomic E-state index is 0. The van der Waals surface area contributed by atoms with Gasteiger partial charge in [-0.25, -0.2) is 0 Å². The number of fused-ring (bicyclic) bond motifs is 3. The van der Waals surface area contributed by atoms with E-state index in [1.54, 1.807) is 0 Å². The van der Waals surface area contributed by atoms with Crippen LogP contribution >= 0.6 is 0 Å². The number of aromatic nitrogens is 1. The van der Waals surface area contributed by atoms with Crippen LogP contribution in [-0.2, 0) is 58.2 Å². The summed E-state index contributed by atoms with van der Waals surface area (Å²) in [5, 5.41) is 7.48. The molecule has 0 saturated heterocycles. The summed E-state index contributed by atoms with van der Waals surface area (Å²) in [7, 11) is 0. The van der Waals surface area contributed by atoms with E-state index < -0.39 is 0 Å². The first kappa shape index (κ1) is 21.7. The zero-order valence-electron chi connectivity index (χ0n) is 15.9. The van der Waals surface area contributed by atoms with Crippen molar-refractivity contribution >= 4 is 23.5 Å². The van der Waals surface area contributed by atoms with Gasteiger partial charge in [-0.15, -0.1) is 5.25 Å². The smallest absolute Gasteiger partial charge is 0.0705 e. The van der Waals surface area contributed by atoms with Crippen molar-refractivity contribution in [3.63, 3.8) is 0 Å². The molecule has 0 fully saturated rings. The molecule has 1 heterocycles. The quantitative estimate of drug-likeness (QED) is 0.290. The summed E-state index contributed by atoms with van der Waals surface area (Å²) in [4.78, 5) is 4.81. The largest absolute Gasteiger partial charge is 0.780 e. The first-order chi connectivity index (χ1) is 13.8. The Morgan fingerprint density at radius 2 is 1.59 bits per heavy atom. The van der Waals surface area contributed by atoms with Gasteiger partial charge in [0, 0.05) is 50.2 Å². The maximum absolute atomic E-state index is 6.25. The first-order valence-electron chi connectivity index (χ1n) is 9.20. The summed E-state index contributed by atoms with van der Waals surface area (Å²) in [5.41, 5.74) is 8.73. The average Bonchev–Trinajstić information content (AvgIpc) is 2.76. The van der Waals surface area contributed by atoms with Crippen LogP contribution in [0.25, 0.3) is 10.9 Å². The van der Waals surface area contributed by atoms with Gasteiger partial charge in [-0.3, -0.25) is 4.98 Å². The van der Waals surface area contributed by atoms with Gasteiger partial charge < -0.3 is 24.5 Å². The molecule has 3 aromatic carbocycles. The van der Waals surface area contributed by atoms with Crippen LogP contribution in [0.15, 0.2) is 78.9 Å². The predicted octanol–water partition coefficient (Wildman–Crippen LogP) is 5.46. The average molecular weight is 467 g/mol. The van der Waals surface area contributed by atoms with Crippen LogP contribution in [0.4, 0.5) is 0 Å². The Hall–Kier alpha value is -1.99. The Morgan fingerprint density at radius 3 is 2.45 bits per heavy atom. The van der Waals surface area contributed by atoms with Crippen molar-refractivity contribution < 1.29 is 32.7 Å². The van der Waals surface area contributed by atoms with E-state index in [-0.39, 0.29) is 38.0 Å². The number of rotatable bonds is 2. The minimum atomic E-state index is 0. The molecule has 0 amide bonds. The van der Waals surface area contributed by atoms with Crippen LogP contribution in [-0.4, -0.2) is 4.98 Å². The van der Waals surface area contributed by atoms with Crippen molar-refractivity contribution in [2.24, 2.45) is 0 Å². The van der Waals surface area contributed by atoms with Crippen molar-refractivity contribution in [2.75, 3.05) is 0 Å². The molecule has 1 aromatic heterocycles. The summed E-state index contributed by atoms with van der Waals surface area (Å²) in [5.74, 6) is 0. The first-order valence-corrected chi connectivity index (χ1v) is 9.67. The van der Waals surface area contributed by atoms with E-state index in [0.717, 1.165) is 24.1 Å². The van der Waals surface area contributed by atoms with E-state index in [1.807, 2.05) is 6.07 Å². The van der Waals surface area contributed by atoms with E-state index in [1.165, 1.54) is 33.2 Å². The fourth-order valence-corrected chi connectivity index (χ4v) is 4.35. The molecule has 0 spiro atoms. The van der Waals surface area contributed by atoms with Crippen molar-refractivity contribution in [3.8, 4) is 0 Å². The van der Waals surface area contributed by atoms with E-state index >= 15 is 0 Å². The molecule has 1 atom stereocenters. The van der Waals surface area contributed by atoms with Crippen LogP contribution in [0.5, 0.6) is 0 Å². The summed E-state index contributed by atoms with van der Waals surface area (Å²) in [6, 6.07) is 27.9. The predicted molar refractivity (Wildman–Crippen MR) is 114 cm³/mol. The molecule has 1 aliphatic carbocycles. The summed E-state index contributed by atoms with van der Waals surface area (Å²) in [6.07, 6.45) is 1.81. The van der Waals surface area contributed by atoms with Gasteiger partial charge >= 0.3 is 0 Å². The topological polar surface area (TPSA) is 36.7 Å². The van der Waals surface area contributed by atoms with E-state index in [0.29, 0.717) is 0 Å². The maximum Gasteiger partial charge on any atom is 0.0705 e. The molecular formula is C25H18N2SY-2. The van der Waals surface area contributed by atoms with Crippen molar-refractivity contribution in [2.45, 2.75) is 18.1 Å². The Kier molecular flexibility index (Phi) is 7.25. The zero-order valence-corrected chi connectivity index (χ0v) is 19.5. The summed E-state index contributed by atoms with van der Waals surface area (Å²) >= 11 is 5.87. The van der Waals surface area contributed by atoms with Crippen LogP contribution in [0.1, 0.15) is 38.8 Å². The SMILES string of the molecule is [C-]#N.[S-]C1c2ccccc2Cc2ccc(Cc3ccc4ccccc4n3)cc21.[Y]. The molecule has 4 heteroatoms. The molecule has 0 N–H and O–H groups in total. The van der Waals surface area contributed by atoms with Gasteiger partial charge in [-0.05, 0) is 35.2 Å². The Bertz CT molecular complexity index is 1170. The number of hydrogen-bond donors (Lipinski definition) is 0. The molecular weight excluding hydrogens is 449 g/mol. The van der Waals surface area contributed by atoms with Crippen LogP contribution < -0.4 is 0 Å². The van der Waals surface area contributed by atoms with Gasteiger partial charge in [0.15, 0.2) is 0 Å². The van der Waals surface area contributed by atoms with E-state index in [2.05, 4.69) is 72.8 Å². The Balaban J connectivity index is 0.000000778. The molecule has 5 rings (SSSR count). The molecule has 2 nitrogen and oxygen atoms in total. The van der Waals surface area contributed by atoms with Gasteiger partial charge in [0.05, 0.1) is 5.52 Å². The number of pyridine rings is 1. The second kappa shape index (κ2) is 9.68. The van der Waals surface area contributed by atoms with Crippen LogP contribution in [0, 0.1) is 11.8 Å². The van der Waals surface area contributed by atoms with E-state index in [9.17, 15) is 0 Å². The molecule has 0 aliphatic heterocycles. The molecule has 139 valence electrons. The molecule has 1 radical (unpaired) electrons. The van der Waals surface area contributed by atoms with Gasteiger partial charge in [-0.1, -0.05) is 77.9 Å². The maximum atomic E-state index is 6.25. The summed E-state index contributed by atoms with van der Waals surface area (Å²) in [6.45, 7) is 4.75. The Labute approximate surface area is 202 Å². The van der Waals surface area contributed by atoms with Crippen molar-refractivity contribution in [1.29, 1.82) is 5.26 Å². The molecule has 0 bridgehead atoms. The fourth-order valence-electron chi connectivity index (χ4n) is 3.90. The van der Waals surface area contributed by atoms with Gasteiger partial charge in [-0.2, -0.15) is 0 Å². The molecule has 29 heavy (non-hydrogen) atoms. The monoisotopic (exact) mass is 467 g/mol. The van der Waals surface area contributed by atoms with E-state index in [4.69, 9.17) is 29.4 Å². The molecule has 0 saturated carbocycles. The normalized spacial score (nSPS) is 14.0. The molecule has 1 unspecified atom stereocenters. The Morgan fingerprint density at radius 1 is 0.862 bits per heavy atom. The minimum Gasteiger partial charge on any atom is -0.780 e. The fraction of sp³-hybridized carbons (Fsp3) is 0.120. The van der Waals surface area contributed by atoms with Gasteiger partial charge in [0.25, 0.3) is 0 Å². The second-order valence-electron chi connectivity index (χ2n) is 6.96. The number of benzene rings is 3. The zero-order chi connectivity index (χ0) is 19.5. The standard InChI is InChI=1S/C24H19NS.CN.Y/c26-24-21-7-3-1-6-18(21)15-19-10-9-16(14-22(19)24)13-20-12-11-17-5-2-4-8-23(17)25-20;1-2;/h1-12,14,24,26H,13,15H2;;/q;-1;/p-1. The second-order valence-corrected chi connectivity index (χ2v) is 7.43. The molecule has 1 aliphatic rings. The van der Waals surface area contributed by atoms with Gasteiger partial charge in [0.2, 0.25) is 0 Å². The van der Waals surface area contributed by atoms with Crippen molar-refractivity contribution in [3.05, 3.63) is 119 Å². The third-order valence-corrected chi connectivity index (χ3v) is 5.76. The van der Waals surface area contributed by atoms with Crippen LogP contribution in [0.2, 0.25) is 0 Å². The third kappa shape index (κ3) is 4.46. The summed E-state index contributed by atoms with van der Waals surface area (Å²) < 4.78 is 0. The number of nitrogens with zero attached hydrogens (tertiary/aromatic N) is 2. The van der Waals surface area contributed by atoms with Crippen molar-refractivity contribution in [1.82, 2.24) is 4.98 Å². The number of hydrogen-bond acceptors (Lipinski definition) is 3. The molecule has 4 aromatic rings.